The second-order valence-corrected chi connectivity index (χ2v) is 8.97. The Kier molecular flexibility index (Phi) is 6.68. The summed E-state index contributed by atoms with van der Waals surface area (Å²) in [6.45, 7) is 2.87. The highest BCUT2D eigenvalue weighted by atomic mass is 16.5. The van der Waals surface area contributed by atoms with Gasteiger partial charge in [0.2, 0.25) is 0 Å². The molecule has 2 aromatic carbocycles. The molecule has 8 heteroatoms. The summed E-state index contributed by atoms with van der Waals surface area (Å²) in [5.74, 6) is -1.72. The lowest BCUT2D eigenvalue weighted by Gasteiger charge is -2.36. The fourth-order valence-corrected chi connectivity index (χ4v) is 4.75. The average Bonchev–Trinajstić information content (AvgIpc) is 3.06. The highest BCUT2D eigenvalue weighted by molar-refractivity contribution is 6.09. The predicted octanol–water partition coefficient (Wildman–Crippen LogP) is 3.72. The minimum atomic E-state index is -1.11. The van der Waals surface area contributed by atoms with Crippen LogP contribution in [0, 0.1) is 5.92 Å². The number of para-hydroxylation sites is 1. The summed E-state index contributed by atoms with van der Waals surface area (Å²) in [4.78, 5) is 51.7. The Hall–Kier alpha value is -3.68. The van der Waals surface area contributed by atoms with Crippen molar-refractivity contribution in [3.63, 3.8) is 0 Å². The van der Waals surface area contributed by atoms with E-state index >= 15 is 0 Å². The van der Waals surface area contributed by atoms with Crippen LogP contribution < -0.4 is 10.6 Å². The number of benzene rings is 2. The molecular formula is C26H29N3O5. The number of ether oxygens (including phenoxy) is 1. The number of carbonyl (C=O) groups excluding carboxylic acids is 4. The van der Waals surface area contributed by atoms with Gasteiger partial charge in [-0.3, -0.25) is 19.3 Å². The van der Waals surface area contributed by atoms with Crippen LogP contribution in [0.5, 0.6) is 0 Å². The maximum Gasteiger partial charge on any atom is 0.327 e. The van der Waals surface area contributed by atoms with Crippen molar-refractivity contribution in [2.24, 2.45) is 5.92 Å². The second kappa shape index (κ2) is 9.67. The third-order valence-corrected chi connectivity index (χ3v) is 6.74. The largest absolute Gasteiger partial charge is 0.451 e. The van der Waals surface area contributed by atoms with Gasteiger partial charge in [0, 0.05) is 11.3 Å². The molecule has 0 bridgehead atoms. The number of urea groups is 1. The summed E-state index contributed by atoms with van der Waals surface area (Å²) >= 11 is 0. The summed E-state index contributed by atoms with van der Waals surface area (Å²) in [6.07, 6.45) is 2.14. The highest BCUT2D eigenvalue weighted by Gasteiger charge is 2.55. The third kappa shape index (κ3) is 4.53. The number of anilines is 1. The van der Waals surface area contributed by atoms with Gasteiger partial charge >= 0.3 is 12.0 Å². The predicted molar refractivity (Wildman–Crippen MR) is 127 cm³/mol. The lowest BCUT2D eigenvalue weighted by atomic mass is 9.73. The van der Waals surface area contributed by atoms with Gasteiger partial charge < -0.3 is 15.4 Å². The van der Waals surface area contributed by atoms with Crippen LogP contribution in [0.2, 0.25) is 0 Å². The van der Waals surface area contributed by atoms with Gasteiger partial charge in [0.05, 0.1) is 0 Å². The van der Waals surface area contributed by atoms with E-state index in [0.717, 1.165) is 35.3 Å². The Labute approximate surface area is 198 Å². The molecular weight excluding hydrogens is 434 g/mol. The molecule has 2 aromatic rings. The van der Waals surface area contributed by atoms with E-state index in [9.17, 15) is 19.2 Å². The van der Waals surface area contributed by atoms with Gasteiger partial charge in [-0.2, -0.15) is 0 Å². The number of nitrogens with zero attached hydrogens (tertiary/aromatic N) is 1. The molecule has 1 aliphatic heterocycles. The molecule has 0 radical (unpaired) electrons. The Morgan fingerprint density at radius 3 is 2.56 bits per heavy atom. The number of hydrogen-bond acceptors (Lipinski definition) is 5. The first-order valence-corrected chi connectivity index (χ1v) is 11.6. The Bertz CT molecular complexity index is 1100. The molecule has 2 fully saturated rings. The molecule has 4 amide bonds. The number of rotatable bonds is 6. The molecule has 1 spiro atoms. The maximum absolute atomic E-state index is 13.0. The van der Waals surface area contributed by atoms with Crippen LogP contribution in [0.1, 0.15) is 39.5 Å². The van der Waals surface area contributed by atoms with Gasteiger partial charge in [0.25, 0.3) is 11.8 Å². The van der Waals surface area contributed by atoms with Crippen LogP contribution in [0.4, 0.5) is 10.5 Å². The molecule has 1 saturated carbocycles. The zero-order chi connectivity index (χ0) is 24.3. The first-order valence-electron chi connectivity index (χ1n) is 11.6. The fraction of sp³-hybridized carbons (Fsp3) is 0.385. The smallest absolute Gasteiger partial charge is 0.327 e. The van der Waals surface area contributed by atoms with Crippen molar-refractivity contribution < 1.29 is 23.9 Å². The number of hydrogen-bond donors (Lipinski definition) is 2. The van der Waals surface area contributed by atoms with Crippen LogP contribution in [0.25, 0.3) is 11.1 Å². The number of nitrogens with one attached hydrogen (secondary N) is 2. The minimum Gasteiger partial charge on any atom is -0.451 e. The van der Waals surface area contributed by atoms with Crippen molar-refractivity contribution in [3.05, 3.63) is 54.6 Å². The molecule has 3 unspecified atom stereocenters. The SMILES string of the molecule is CC(OC(=O)CN1C(=O)NC2(CCCCC2C)C1=O)C(=O)Nc1ccccc1-c1ccccc1. The summed E-state index contributed by atoms with van der Waals surface area (Å²) in [6, 6.07) is 16.3. The number of carbonyl (C=O) groups is 4. The van der Waals surface area contributed by atoms with E-state index in [2.05, 4.69) is 10.6 Å². The number of esters is 1. The molecule has 3 atom stereocenters. The molecule has 2 N–H and O–H groups in total. The molecule has 2 aliphatic rings. The fourth-order valence-electron chi connectivity index (χ4n) is 4.75. The Balaban J connectivity index is 1.38. The first-order chi connectivity index (χ1) is 16.3. The maximum atomic E-state index is 13.0. The van der Waals surface area contributed by atoms with Crippen molar-refractivity contribution in [1.82, 2.24) is 10.2 Å². The van der Waals surface area contributed by atoms with Gasteiger partial charge in [-0.25, -0.2) is 4.79 Å². The summed E-state index contributed by atoms with van der Waals surface area (Å²) < 4.78 is 5.27. The van der Waals surface area contributed by atoms with Gasteiger partial charge in [-0.05, 0) is 37.3 Å². The van der Waals surface area contributed by atoms with Crippen LogP contribution in [-0.4, -0.2) is 46.9 Å². The molecule has 4 rings (SSSR count). The highest BCUT2D eigenvalue weighted by Crippen LogP contribution is 2.38. The van der Waals surface area contributed by atoms with Crippen LogP contribution in [0.15, 0.2) is 54.6 Å². The van der Waals surface area contributed by atoms with Gasteiger partial charge in [0.1, 0.15) is 12.1 Å². The Morgan fingerprint density at radius 2 is 1.82 bits per heavy atom. The van der Waals surface area contributed by atoms with Crippen molar-refractivity contribution >= 4 is 29.5 Å². The van der Waals surface area contributed by atoms with E-state index in [-0.39, 0.29) is 5.92 Å². The normalized spacial score (nSPS) is 22.9. The lowest BCUT2D eigenvalue weighted by Crippen LogP contribution is -2.54. The van der Waals surface area contributed by atoms with Gasteiger partial charge in [-0.15, -0.1) is 0 Å². The van der Waals surface area contributed by atoms with E-state index in [0.29, 0.717) is 12.1 Å². The van der Waals surface area contributed by atoms with Crippen LogP contribution >= 0.6 is 0 Å². The molecule has 178 valence electrons. The van der Waals surface area contributed by atoms with E-state index in [4.69, 9.17) is 4.74 Å². The molecule has 8 nitrogen and oxygen atoms in total. The summed E-state index contributed by atoms with van der Waals surface area (Å²) in [5.41, 5.74) is 1.41. The number of imide groups is 1. The molecule has 1 heterocycles. The van der Waals surface area contributed by atoms with Crippen LogP contribution in [-0.2, 0) is 19.1 Å². The summed E-state index contributed by atoms with van der Waals surface area (Å²) in [7, 11) is 0. The van der Waals surface area contributed by atoms with Crippen LogP contribution in [0.3, 0.4) is 0 Å². The van der Waals surface area contributed by atoms with Crippen molar-refractivity contribution in [1.29, 1.82) is 0 Å². The quantitative estimate of drug-likeness (QED) is 0.502. The molecule has 34 heavy (non-hydrogen) atoms. The molecule has 0 aromatic heterocycles. The third-order valence-electron chi connectivity index (χ3n) is 6.74. The van der Waals surface area contributed by atoms with Crippen molar-refractivity contribution in [2.75, 3.05) is 11.9 Å². The molecule has 1 aliphatic carbocycles. The Morgan fingerprint density at radius 1 is 1.12 bits per heavy atom. The second-order valence-electron chi connectivity index (χ2n) is 8.97. The van der Waals surface area contributed by atoms with Gasteiger partial charge in [0.15, 0.2) is 6.10 Å². The van der Waals surface area contributed by atoms with E-state index in [1.807, 2.05) is 49.4 Å². The minimum absolute atomic E-state index is 0.00638. The topological polar surface area (TPSA) is 105 Å². The van der Waals surface area contributed by atoms with E-state index in [1.165, 1.54) is 6.92 Å². The number of amides is 4. The molecule has 1 saturated heterocycles. The first kappa shape index (κ1) is 23.5. The van der Waals surface area contributed by atoms with Crippen molar-refractivity contribution in [3.8, 4) is 11.1 Å². The standard InChI is InChI=1S/C26H29N3O5/c1-17-10-8-9-15-26(17)24(32)29(25(33)28-26)16-22(30)34-18(2)23(31)27-21-14-7-6-13-20(21)19-11-4-3-5-12-19/h3-7,11-14,17-18H,8-10,15-16H2,1-2H3,(H,27,31)(H,28,33). The average molecular weight is 464 g/mol. The summed E-state index contributed by atoms with van der Waals surface area (Å²) in [5, 5.41) is 5.61. The zero-order valence-electron chi connectivity index (χ0n) is 19.4. The van der Waals surface area contributed by atoms with E-state index in [1.54, 1.807) is 12.1 Å². The lowest BCUT2D eigenvalue weighted by molar-refractivity contribution is -0.155. The zero-order valence-corrected chi connectivity index (χ0v) is 19.4. The monoisotopic (exact) mass is 463 g/mol. The van der Waals surface area contributed by atoms with Gasteiger partial charge in [-0.1, -0.05) is 68.3 Å². The van der Waals surface area contributed by atoms with Crippen molar-refractivity contribution in [2.45, 2.75) is 51.2 Å². The van der Waals surface area contributed by atoms with E-state index < -0.39 is 42.0 Å².